The summed E-state index contributed by atoms with van der Waals surface area (Å²) in [5.41, 5.74) is 0. The molecular weight excluding hydrogens is 154 g/mol. The van der Waals surface area contributed by atoms with Gasteiger partial charge in [0, 0.05) is 12.6 Å². The average molecular weight is 168 g/mol. The number of piperidine rings is 1. The summed E-state index contributed by atoms with van der Waals surface area (Å²) in [5, 5.41) is 10.0. The molecule has 1 rings (SSSR count). The van der Waals surface area contributed by atoms with Gasteiger partial charge in [-0.2, -0.15) is 0 Å². The second kappa shape index (κ2) is 4.93. The zero-order chi connectivity index (χ0) is 8.81. The molecule has 1 saturated heterocycles. The molecule has 67 valence electrons. The van der Waals surface area contributed by atoms with Gasteiger partial charge in [-0.3, -0.25) is 4.90 Å². The van der Waals surface area contributed by atoms with Crippen LogP contribution in [0.25, 0.3) is 0 Å². The first-order valence-electron chi connectivity index (χ1n) is 4.39. The van der Waals surface area contributed by atoms with E-state index in [-0.39, 0.29) is 0 Å². The van der Waals surface area contributed by atoms with Gasteiger partial charge in [0.05, 0.1) is 0 Å². The first-order chi connectivity index (χ1) is 5.79. The Kier molecular flexibility index (Phi) is 3.80. The highest BCUT2D eigenvalue weighted by Gasteiger charge is 2.07. The fourth-order valence-corrected chi connectivity index (χ4v) is 1.44. The fourth-order valence-electron chi connectivity index (χ4n) is 1.44. The third-order valence-corrected chi connectivity index (χ3v) is 2.07. The van der Waals surface area contributed by atoms with Crippen LogP contribution in [0.2, 0.25) is 0 Å². The van der Waals surface area contributed by atoms with Gasteiger partial charge in [0.15, 0.2) is 0 Å². The van der Waals surface area contributed by atoms with E-state index < -0.39 is 5.97 Å². The average Bonchev–Trinajstić information content (AvgIpc) is 2.05. The molecule has 1 aliphatic heterocycles. The molecule has 1 radical (unpaired) electrons. The molecule has 0 amide bonds. The lowest BCUT2D eigenvalue weighted by Crippen LogP contribution is -2.29. The molecule has 0 bridgehead atoms. The highest BCUT2D eigenvalue weighted by Crippen LogP contribution is 2.07. The SMILES string of the molecule is [O]C(=O)/C=C/CN1CCCCC1. The van der Waals surface area contributed by atoms with Crippen LogP contribution in [0, 0.1) is 0 Å². The second-order valence-electron chi connectivity index (χ2n) is 3.08. The monoisotopic (exact) mass is 168 g/mol. The smallest absolute Gasteiger partial charge is 0.300 e. The molecular formula is C9H14NO2. The maximum Gasteiger partial charge on any atom is 0.378 e. The summed E-state index contributed by atoms with van der Waals surface area (Å²) in [6.45, 7) is 2.93. The fraction of sp³-hybridized carbons (Fsp3) is 0.667. The Hall–Kier alpha value is -0.830. The standard InChI is InChI=1S/C9H14NO2/c11-9(12)5-4-8-10-6-2-1-3-7-10/h4-5H,1-3,6-8H2/b5-4+. The minimum atomic E-state index is -1.10. The molecule has 0 aromatic heterocycles. The summed E-state index contributed by atoms with van der Waals surface area (Å²) in [5.74, 6) is -1.10. The van der Waals surface area contributed by atoms with Gasteiger partial charge in [0.1, 0.15) is 0 Å². The van der Waals surface area contributed by atoms with Crippen molar-refractivity contribution in [3.8, 4) is 0 Å². The van der Waals surface area contributed by atoms with Gasteiger partial charge < -0.3 is 0 Å². The lowest BCUT2D eigenvalue weighted by Gasteiger charge is -2.24. The Morgan fingerprint density at radius 2 is 1.92 bits per heavy atom. The van der Waals surface area contributed by atoms with Crippen molar-refractivity contribution in [3.63, 3.8) is 0 Å². The van der Waals surface area contributed by atoms with Gasteiger partial charge in [0.2, 0.25) is 0 Å². The normalized spacial score (nSPS) is 20.0. The van der Waals surface area contributed by atoms with Crippen molar-refractivity contribution in [1.29, 1.82) is 0 Å². The summed E-state index contributed by atoms with van der Waals surface area (Å²) >= 11 is 0. The van der Waals surface area contributed by atoms with E-state index >= 15 is 0 Å². The quantitative estimate of drug-likeness (QED) is 0.589. The van der Waals surface area contributed by atoms with Crippen molar-refractivity contribution in [1.82, 2.24) is 4.90 Å². The first-order valence-corrected chi connectivity index (χ1v) is 4.39. The van der Waals surface area contributed by atoms with Gasteiger partial charge in [0.25, 0.3) is 0 Å². The molecule has 0 unspecified atom stereocenters. The largest absolute Gasteiger partial charge is 0.378 e. The summed E-state index contributed by atoms with van der Waals surface area (Å²) in [4.78, 5) is 12.3. The van der Waals surface area contributed by atoms with Crippen LogP contribution in [0.15, 0.2) is 12.2 Å². The number of hydrogen-bond donors (Lipinski definition) is 0. The molecule has 1 aliphatic rings. The molecule has 1 heterocycles. The number of carbonyl (C=O) groups excluding carboxylic acids is 1. The number of hydrogen-bond acceptors (Lipinski definition) is 2. The Morgan fingerprint density at radius 1 is 1.25 bits per heavy atom. The molecule has 0 aromatic carbocycles. The maximum atomic E-state index is 10.0. The molecule has 3 heteroatoms. The number of carbonyl (C=O) groups is 1. The van der Waals surface area contributed by atoms with Crippen molar-refractivity contribution in [2.75, 3.05) is 19.6 Å². The topological polar surface area (TPSA) is 40.2 Å². The predicted molar refractivity (Wildman–Crippen MR) is 45.1 cm³/mol. The van der Waals surface area contributed by atoms with E-state index in [1.54, 1.807) is 6.08 Å². The molecule has 1 fully saturated rings. The number of rotatable bonds is 3. The molecule has 0 saturated carbocycles. The lowest BCUT2D eigenvalue weighted by molar-refractivity contribution is -0.137. The maximum absolute atomic E-state index is 10.0. The van der Waals surface area contributed by atoms with Crippen molar-refractivity contribution in [3.05, 3.63) is 12.2 Å². The van der Waals surface area contributed by atoms with E-state index in [0.717, 1.165) is 25.7 Å². The van der Waals surface area contributed by atoms with Crippen LogP contribution in [0.3, 0.4) is 0 Å². The Morgan fingerprint density at radius 3 is 2.50 bits per heavy atom. The van der Waals surface area contributed by atoms with Crippen LogP contribution in [0.5, 0.6) is 0 Å². The van der Waals surface area contributed by atoms with Crippen LogP contribution >= 0.6 is 0 Å². The highest BCUT2D eigenvalue weighted by molar-refractivity contribution is 5.79. The molecule has 0 spiro atoms. The van der Waals surface area contributed by atoms with Crippen molar-refractivity contribution < 1.29 is 9.90 Å². The molecule has 0 N–H and O–H groups in total. The van der Waals surface area contributed by atoms with Crippen LogP contribution in [0.4, 0.5) is 0 Å². The summed E-state index contributed by atoms with van der Waals surface area (Å²) in [7, 11) is 0. The van der Waals surface area contributed by atoms with Crippen LogP contribution in [0.1, 0.15) is 19.3 Å². The van der Waals surface area contributed by atoms with Gasteiger partial charge in [-0.25, -0.2) is 9.90 Å². The lowest BCUT2D eigenvalue weighted by atomic mass is 10.1. The zero-order valence-corrected chi connectivity index (χ0v) is 7.16. The van der Waals surface area contributed by atoms with Crippen molar-refractivity contribution in [2.45, 2.75) is 19.3 Å². The summed E-state index contributed by atoms with van der Waals surface area (Å²) in [6.07, 6.45) is 6.54. The minimum absolute atomic E-state index is 0.744. The van der Waals surface area contributed by atoms with E-state index in [0.29, 0.717) is 0 Å². The first kappa shape index (κ1) is 9.26. The second-order valence-corrected chi connectivity index (χ2v) is 3.08. The van der Waals surface area contributed by atoms with Gasteiger partial charge >= 0.3 is 5.97 Å². The van der Waals surface area contributed by atoms with Crippen molar-refractivity contribution in [2.24, 2.45) is 0 Å². The van der Waals surface area contributed by atoms with Crippen LogP contribution in [-0.4, -0.2) is 30.5 Å². The van der Waals surface area contributed by atoms with Gasteiger partial charge in [-0.1, -0.05) is 12.5 Å². The van der Waals surface area contributed by atoms with E-state index in [4.69, 9.17) is 0 Å². The molecule has 12 heavy (non-hydrogen) atoms. The highest BCUT2D eigenvalue weighted by atomic mass is 16.4. The molecule has 0 atom stereocenters. The zero-order valence-electron chi connectivity index (χ0n) is 7.16. The number of likely N-dealkylation sites (tertiary alicyclic amines) is 1. The van der Waals surface area contributed by atoms with Gasteiger partial charge in [-0.05, 0) is 25.9 Å². The van der Waals surface area contributed by atoms with Gasteiger partial charge in [-0.15, -0.1) is 0 Å². The summed E-state index contributed by atoms with van der Waals surface area (Å²) in [6, 6.07) is 0. The van der Waals surface area contributed by atoms with Crippen molar-refractivity contribution >= 4 is 5.97 Å². The van der Waals surface area contributed by atoms with E-state index in [9.17, 15) is 9.90 Å². The molecule has 0 aliphatic carbocycles. The van der Waals surface area contributed by atoms with E-state index in [1.165, 1.54) is 19.3 Å². The van der Waals surface area contributed by atoms with Crippen LogP contribution < -0.4 is 0 Å². The Bertz CT molecular complexity index is 171. The van der Waals surface area contributed by atoms with Crippen LogP contribution in [-0.2, 0) is 9.90 Å². The third kappa shape index (κ3) is 3.53. The molecule has 0 aromatic rings. The Balaban J connectivity index is 2.17. The predicted octanol–water partition coefficient (Wildman–Crippen LogP) is 0.986. The number of nitrogens with zero attached hydrogens (tertiary/aromatic N) is 1. The summed E-state index contributed by atoms with van der Waals surface area (Å²) < 4.78 is 0. The third-order valence-electron chi connectivity index (χ3n) is 2.07. The minimum Gasteiger partial charge on any atom is -0.300 e. The van der Waals surface area contributed by atoms with E-state index in [2.05, 4.69) is 4.90 Å². The molecule has 3 nitrogen and oxygen atoms in total. The Labute approximate surface area is 72.7 Å². The van der Waals surface area contributed by atoms with E-state index in [1.807, 2.05) is 0 Å².